The highest BCUT2D eigenvalue weighted by Gasteiger charge is 2.23. The minimum absolute atomic E-state index is 1.09. The zero-order valence-corrected chi connectivity index (χ0v) is 22.2. The van der Waals surface area contributed by atoms with Crippen LogP contribution in [-0.2, 0) is 0 Å². The third kappa shape index (κ3) is 3.40. The van der Waals surface area contributed by atoms with Gasteiger partial charge in [-0.1, -0.05) is 72.8 Å². The predicted molar refractivity (Wildman–Crippen MR) is 160 cm³/mol. The van der Waals surface area contributed by atoms with Crippen LogP contribution < -0.4 is 10.4 Å². The molecule has 0 aliphatic carbocycles. The van der Waals surface area contributed by atoms with E-state index in [0.717, 1.165) is 24.3 Å². The van der Waals surface area contributed by atoms with E-state index in [-0.39, 0.29) is 0 Å². The normalized spacial score (nSPS) is 11.1. The molecule has 0 fully saturated rings. The van der Waals surface area contributed by atoms with E-state index in [2.05, 4.69) is 72.8 Å². The van der Waals surface area contributed by atoms with Crippen LogP contribution in [0, 0.1) is 68.6 Å². The van der Waals surface area contributed by atoms with E-state index < -0.39 is 44.9 Å². The molecule has 0 bridgehead atoms. The van der Waals surface area contributed by atoms with Crippen molar-refractivity contribution in [3.63, 3.8) is 0 Å². The Morgan fingerprint density at radius 1 is 0.341 bits per heavy atom. The summed E-state index contributed by atoms with van der Waals surface area (Å²) >= 11 is 0. The maximum Gasteiger partial charge on any atom is 0.171 e. The number of benzene rings is 8. The van der Waals surface area contributed by atoms with Gasteiger partial charge in [-0.15, -0.1) is 0 Å². The van der Waals surface area contributed by atoms with Gasteiger partial charge in [0, 0.05) is 0 Å². The summed E-state index contributed by atoms with van der Waals surface area (Å²) in [6.07, 6.45) is 0. The lowest BCUT2D eigenvalue weighted by Gasteiger charge is -2.20. The maximum atomic E-state index is 13.6. The van der Waals surface area contributed by atoms with Crippen molar-refractivity contribution in [2.45, 2.75) is 0 Å². The van der Waals surface area contributed by atoms with E-state index in [1.807, 2.05) is 0 Å². The largest absolute Gasteiger partial charge is 0.203 e. The number of nitrogens with zero attached hydrogens (tertiary/aromatic N) is 4. The van der Waals surface area contributed by atoms with Gasteiger partial charge in [0.05, 0.1) is 10.4 Å². The van der Waals surface area contributed by atoms with Gasteiger partial charge in [0.1, 0.15) is 35.4 Å². The molecule has 8 aromatic carbocycles. The number of rotatable bonds is 0. The van der Waals surface area contributed by atoms with Gasteiger partial charge in [-0.2, -0.15) is 21.0 Å². The summed E-state index contributed by atoms with van der Waals surface area (Å²) in [7, 11) is 0. The Bertz CT molecular complexity index is 2270. The molecule has 0 aliphatic rings. The van der Waals surface area contributed by atoms with Crippen molar-refractivity contribution in [2.75, 3.05) is 0 Å². The molecule has 0 N–H and O–H groups in total. The van der Waals surface area contributed by atoms with Crippen molar-refractivity contribution in [3.8, 4) is 24.3 Å². The Kier molecular flexibility index (Phi) is 5.72. The molecule has 0 aliphatic heterocycles. The summed E-state index contributed by atoms with van der Waals surface area (Å²) in [4.78, 5) is 0. The van der Waals surface area contributed by atoms with Crippen LogP contribution in [0.15, 0.2) is 72.8 Å². The fourth-order valence-corrected chi connectivity index (χ4v) is 6.24. The van der Waals surface area contributed by atoms with Crippen molar-refractivity contribution < 1.29 is 17.6 Å². The summed E-state index contributed by atoms with van der Waals surface area (Å²) in [5.41, 5.74) is -2.36. The van der Waals surface area contributed by atoms with E-state index in [9.17, 15) is 17.6 Å². The SMILES string of the molecule is N#CC(C#N)=c1c(F)c(F)c(=C(C#N)C#N)c(F)c1F.c1cc2ccc3ccc4ccc5ccc6ccc1c1c2c3c4c5c61. The van der Waals surface area contributed by atoms with Gasteiger partial charge < -0.3 is 0 Å². The van der Waals surface area contributed by atoms with E-state index in [1.54, 1.807) is 0 Å². The molecule has 204 valence electrons. The van der Waals surface area contributed by atoms with Crippen LogP contribution in [0.25, 0.3) is 75.8 Å². The molecular weight excluding hydrogens is 564 g/mol. The number of nitriles is 4. The van der Waals surface area contributed by atoms with Crippen LogP contribution in [0.1, 0.15) is 0 Å². The van der Waals surface area contributed by atoms with Crippen molar-refractivity contribution >= 4 is 75.8 Å². The molecule has 0 spiro atoms. The van der Waals surface area contributed by atoms with Gasteiger partial charge in [-0.3, -0.25) is 0 Å². The van der Waals surface area contributed by atoms with E-state index in [4.69, 9.17) is 21.0 Å². The smallest absolute Gasteiger partial charge is 0.171 e. The molecule has 0 saturated heterocycles. The van der Waals surface area contributed by atoms with E-state index in [0.29, 0.717) is 0 Å². The van der Waals surface area contributed by atoms with Crippen LogP contribution >= 0.6 is 0 Å². The highest BCUT2D eigenvalue weighted by molar-refractivity contribution is 6.44. The molecule has 0 aromatic heterocycles. The zero-order chi connectivity index (χ0) is 30.9. The highest BCUT2D eigenvalue weighted by atomic mass is 19.2. The highest BCUT2D eigenvalue weighted by Crippen LogP contribution is 2.47. The monoisotopic (exact) mass is 576 g/mol. The maximum absolute atomic E-state index is 13.6. The first-order valence-corrected chi connectivity index (χ1v) is 13.1. The second kappa shape index (κ2) is 9.53. The lowest BCUT2D eigenvalue weighted by atomic mass is 9.83. The summed E-state index contributed by atoms with van der Waals surface area (Å²) < 4.78 is 54.5. The molecule has 4 nitrogen and oxygen atoms in total. The first kappa shape index (κ1) is 26.4. The second-order valence-electron chi connectivity index (χ2n) is 10.2. The first-order valence-electron chi connectivity index (χ1n) is 13.1. The van der Waals surface area contributed by atoms with Crippen LogP contribution in [0.3, 0.4) is 0 Å². The standard InChI is InChI=1S/C24H12.C12F4N4/c1-2-14-5-6-16-9-11-18-12-10-17-8-7-15-4-3-13(1)19-20(14)22(16)24(18)23(17)21(15)19;13-9-7(5(1-17)2-18)10(14)12(16)8(11(9)15)6(3-19)4-20/h1-12H;. The number of hydrogen-bond donors (Lipinski definition) is 0. The minimum Gasteiger partial charge on any atom is -0.203 e. The quantitative estimate of drug-likeness (QED) is 0.0806. The lowest BCUT2D eigenvalue weighted by molar-refractivity contribution is 0.434. The van der Waals surface area contributed by atoms with Crippen LogP contribution in [0.2, 0.25) is 0 Å². The molecule has 8 heteroatoms. The van der Waals surface area contributed by atoms with Gasteiger partial charge in [0.2, 0.25) is 0 Å². The summed E-state index contributed by atoms with van der Waals surface area (Å²) in [6.45, 7) is 0. The van der Waals surface area contributed by atoms with Gasteiger partial charge in [0.25, 0.3) is 0 Å². The summed E-state index contributed by atoms with van der Waals surface area (Å²) in [5, 5.41) is 47.7. The second-order valence-corrected chi connectivity index (χ2v) is 10.2. The van der Waals surface area contributed by atoms with Crippen LogP contribution in [0.5, 0.6) is 0 Å². The van der Waals surface area contributed by atoms with Crippen molar-refractivity contribution in [1.29, 1.82) is 21.0 Å². The van der Waals surface area contributed by atoms with Gasteiger partial charge >= 0.3 is 0 Å². The van der Waals surface area contributed by atoms with Gasteiger partial charge in [0.15, 0.2) is 23.3 Å². The fourth-order valence-electron chi connectivity index (χ4n) is 6.24. The van der Waals surface area contributed by atoms with Crippen molar-refractivity contribution in [2.24, 2.45) is 0 Å². The number of hydrogen-bond acceptors (Lipinski definition) is 4. The molecule has 0 amide bonds. The Hall–Kier alpha value is -6.48. The Morgan fingerprint density at radius 3 is 0.636 bits per heavy atom. The molecule has 0 radical (unpaired) electrons. The Morgan fingerprint density at radius 2 is 0.500 bits per heavy atom. The first-order chi connectivity index (χ1) is 21.3. The molecule has 44 heavy (non-hydrogen) atoms. The fraction of sp³-hybridized carbons (Fsp3) is 0. The number of halogens is 4. The topological polar surface area (TPSA) is 95.2 Å². The molecule has 0 unspecified atom stereocenters. The molecule has 0 atom stereocenters. The minimum atomic E-state index is -2.03. The molecule has 8 aromatic rings. The Labute approximate surface area is 245 Å². The molecule has 0 saturated carbocycles. The molecule has 0 heterocycles. The van der Waals surface area contributed by atoms with Gasteiger partial charge in [-0.05, 0) is 64.6 Å². The van der Waals surface area contributed by atoms with E-state index in [1.165, 1.54) is 64.6 Å². The van der Waals surface area contributed by atoms with Crippen LogP contribution in [-0.4, -0.2) is 0 Å². The average molecular weight is 577 g/mol. The lowest BCUT2D eigenvalue weighted by Crippen LogP contribution is -2.31. The van der Waals surface area contributed by atoms with Crippen LogP contribution in [0.4, 0.5) is 17.6 Å². The molecule has 8 rings (SSSR count). The summed E-state index contributed by atoms with van der Waals surface area (Å²) in [5.74, 6) is -8.11. The Balaban J connectivity index is 0.000000146. The summed E-state index contributed by atoms with van der Waals surface area (Å²) in [6, 6.07) is 31.6. The van der Waals surface area contributed by atoms with Gasteiger partial charge in [-0.25, -0.2) is 17.6 Å². The van der Waals surface area contributed by atoms with Crippen molar-refractivity contribution in [3.05, 3.63) is 107 Å². The van der Waals surface area contributed by atoms with Crippen molar-refractivity contribution in [1.82, 2.24) is 0 Å². The van der Waals surface area contributed by atoms with E-state index >= 15 is 0 Å². The molecular formula is C36H12F4N4. The zero-order valence-electron chi connectivity index (χ0n) is 22.2. The predicted octanol–water partition coefficient (Wildman–Crippen LogP) is 7.56. The third-order valence-corrected chi connectivity index (χ3v) is 8.10. The third-order valence-electron chi connectivity index (χ3n) is 8.10. The average Bonchev–Trinajstić information content (AvgIpc) is 3.06.